The van der Waals surface area contributed by atoms with E-state index in [2.05, 4.69) is 20.8 Å². The topological polar surface area (TPSA) is 76.1 Å². The van der Waals surface area contributed by atoms with Crippen LogP contribution in [0.4, 0.5) is 14.3 Å². The summed E-state index contributed by atoms with van der Waals surface area (Å²) in [7, 11) is 1.41. The fourth-order valence-corrected chi connectivity index (χ4v) is 3.05. The average Bonchev–Trinajstić information content (AvgIpc) is 3.27. The van der Waals surface area contributed by atoms with E-state index in [0.29, 0.717) is 16.6 Å². The summed E-state index contributed by atoms with van der Waals surface area (Å²) in [5, 5.41) is 14.9. The van der Waals surface area contributed by atoms with Gasteiger partial charge in [0.1, 0.15) is 5.01 Å². The minimum Gasteiger partial charge on any atom is -0.494 e. The van der Waals surface area contributed by atoms with Crippen molar-refractivity contribution in [3.63, 3.8) is 0 Å². The Bertz CT molecular complexity index is 717. The predicted molar refractivity (Wildman–Crippen MR) is 85.4 cm³/mol. The summed E-state index contributed by atoms with van der Waals surface area (Å²) in [6, 6.07) is 3.84. The summed E-state index contributed by atoms with van der Waals surface area (Å²) in [4.78, 5) is 12.0. The van der Waals surface area contributed by atoms with Crippen LogP contribution >= 0.6 is 11.3 Å². The Morgan fingerprint density at radius 1 is 1.43 bits per heavy atom. The number of hydrogen-bond donors (Lipinski definition) is 2. The lowest BCUT2D eigenvalue weighted by Gasteiger charge is -2.15. The van der Waals surface area contributed by atoms with Gasteiger partial charge in [0.2, 0.25) is 5.13 Å². The molecule has 1 saturated carbocycles. The molecule has 6 nitrogen and oxygen atoms in total. The minimum atomic E-state index is -0.461. The molecule has 0 aliphatic heterocycles. The van der Waals surface area contributed by atoms with Crippen molar-refractivity contribution in [2.24, 2.45) is 0 Å². The van der Waals surface area contributed by atoms with Crippen LogP contribution in [0.1, 0.15) is 42.3 Å². The number of halogens is 1. The second-order valence-electron chi connectivity index (χ2n) is 5.43. The van der Waals surface area contributed by atoms with E-state index >= 15 is 0 Å². The van der Waals surface area contributed by atoms with Crippen LogP contribution in [0.5, 0.6) is 5.75 Å². The molecule has 1 heterocycles. The first-order chi connectivity index (χ1) is 11.1. The van der Waals surface area contributed by atoms with E-state index in [9.17, 15) is 9.18 Å². The zero-order valence-electron chi connectivity index (χ0n) is 12.8. The van der Waals surface area contributed by atoms with E-state index in [1.165, 1.54) is 30.6 Å². The van der Waals surface area contributed by atoms with Crippen LogP contribution in [0.15, 0.2) is 18.2 Å². The molecular formula is C15H17FN4O2S. The van der Waals surface area contributed by atoms with E-state index < -0.39 is 11.8 Å². The van der Waals surface area contributed by atoms with Crippen LogP contribution in [0, 0.1) is 5.82 Å². The molecule has 8 heteroatoms. The van der Waals surface area contributed by atoms with Crippen LogP contribution in [0.25, 0.3) is 0 Å². The number of carbonyl (C=O) groups excluding carboxylic acids is 1. The molecular weight excluding hydrogens is 319 g/mol. The maximum Gasteiger partial charge on any atom is 0.321 e. The van der Waals surface area contributed by atoms with E-state index in [1.807, 2.05) is 0 Å². The van der Waals surface area contributed by atoms with Gasteiger partial charge < -0.3 is 10.1 Å². The number of anilines is 1. The lowest BCUT2D eigenvalue weighted by atomic mass is 10.1. The van der Waals surface area contributed by atoms with Gasteiger partial charge in [-0.05, 0) is 37.5 Å². The Balaban J connectivity index is 1.58. The van der Waals surface area contributed by atoms with Crippen molar-refractivity contribution in [2.45, 2.75) is 31.7 Å². The zero-order chi connectivity index (χ0) is 16.4. The first-order valence-corrected chi connectivity index (χ1v) is 8.13. The molecule has 0 saturated heterocycles. The van der Waals surface area contributed by atoms with Crippen molar-refractivity contribution < 1.29 is 13.9 Å². The van der Waals surface area contributed by atoms with E-state index in [-0.39, 0.29) is 11.8 Å². The summed E-state index contributed by atoms with van der Waals surface area (Å²) in [6.07, 6.45) is 2.28. The molecule has 0 spiro atoms. The number of rotatable bonds is 5. The van der Waals surface area contributed by atoms with Crippen molar-refractivity contribution in [1.82, 2.24) is 15.5 Å². The first-order valence-electron chi connectivity index (χ1n) is 7.31. The lowest BCUT2D eigenvalue weighted by molar-refractivity contribution is 0.249. The number of aromatic nitrogens is 2. The van der Waals surface area contributed by atoms with E-state index in [1.54, 1.807) is 13.0 Å². The predicted octanol–water partition coefficient (Wildman–Crippen LogP) is 3.45. The highest BCUT2D eigenvalue weighted by Crippen LogP contribution is 2.42. The zero-order valence-corrected chi connectivity index (χ0v) is 13.6. The highest BCUT2D eigenvalue weighted by molar-refractivity contribution is 7.15. The van der Waals surface area contributed by atoms with Gasteiger partial charge in [0, 0.05) is 5.92 Å². The van der Waals surface area contributed by atoms with Crippen molar-refractivity contribution >= 4 is 22.5 Å². The lowest BCUT2D eigenvalue weighted by Crippen LogP contribution is -2.31. The molecule has 2 aromatic rings. The summed E-state index contributed by atoms with van der Waals surface area (Å²) in [5.41, 5.74) is 0.648. The van der Waals surface area contributed by atoms with Gasteiger partial charge in [-0.3, -0.25) is 5.32 Å². The highest BCUT2D eigenvalue weighted by atomic mass is 32.1. The SMILES string of the molecule is COc1ccc(C(C)NC(=O)Nc2nnc(C3CC3)s2)cc1F. The highest BCUT2D eigenvalue weighted by Gasteiger charge is 2.27. The molecule has 2 amide bonds. The van der Waals surface area contributed by atoms with Gasteiger partial charge in [-0.15, -0.1) is 10.2 Å². The van der Waals surface area contributed by atoms with Crippen molar-refractivity contribution in [2.75, 3.05) is 12.4 Å². The van der Waals surface area contributed by atoms with E-state index in [0.717, 1.165) is 17.8 Å². The van der Waals surface area contributed by atoms with Crippen LogP contribution in [-0.2, 0) is 0 Å². The molecule has 122 valence electrons. The third kappa shape index (κ3) is 3.76. The molecule has 23 heavy (non-hydrogen) atoms. The maximum absolute atomic E-state index is 13.7. The fourth-order valence-electron chi connectivity index (χ4n) is 2.15. The molecule has 0 radical (unpaired) electrons. The standard InChI is InChI=1S/C15H17FN4O2S/c1-8(10-5-6-12(22-2)11(16)7-10)17-14(21)18-15-20-19-13(23-15)9-3-4-9/h5-9H,3-4H2,1-2H3,(H2,17,18,20,21). The number of ether oxygens (including phenoxy) is 1. The van der Waals surface area contributed by atoms with Crippen molar-refractivity contribution in [1.29, 1.82) is 0 Å². The average molecular weight is 336 g/mol. The molecule has 1 fully saturated rings. The van der Waals surface area contributed by atoms with Crippen LogP contribution in [0.3, 0.4) is 0 Å². The molecule has 1 aromatic heterocycles. The summed E-state index contributed by atoms with van der Waals surface area (Å²) in [5.74, 6) is 0.219. The smallest absolute Gasteiger partial charge is 0.321 e. The molecule has 1 unspecified atom stereocenters. The summed E-state index contributed by atoms with van der Waals surface area (Å²) >= 11 is 1.39. The molecule has 1 aliphatic rings. The monoisotopic (exact) mass is 336 g/mol. The normalized spacial score (nSPS) is 15.1. The Labute approximate surface area is 137 Å². The Morgan fingerprint density at radius 2 is 2.22 bits per heavy atom. The second-order valence-corrected chi connectivity index (χ2v) is 6.44. The Kier molecular flexibility index (Phi) is 4.42. The molecule has 0 bridgehead atoms. The van der Waals surface area contributed by atoms with Crippen LogP contribution in [0.2, 0.25) is 0 Å². The number of nitrogens with zero attached hydrogens (tertiary/aromatic N) is 2. The van der Waals surface area contributed by atoms with Crippen molar-refractivity contribution in [3.05, 3.63) is 34.6 Å². The molecule has 1 atom stereocenters. The minimum absolute atomic E-state index is 0.173. The van der Waals surface area contributed by atoms with Crippen molar-refractivity contribution in [3.8, 4) is 5.75 Å². The van der Waals surface area contributed by atoms with Gasteiger partial charge in [0.05, 0.1) is 13.2 Å². The number of benzene rings is 1. The quantitative estimate of drug-likeness (QED) is 0.877. The van der Waals surface area contributed by atoms with Gasteiger partial charge in [-0.1, -0.05) is 17.4 Å². The third-order valence-corrected chi connectivity index (χ3v) is 4.61. The molecule has 1 aromatic carbocycles. The first kappa shape index (κ1) is 15.7. The van der Waals surface area contributed by atoms with Gasteiger partial charge in [0.25, 0.3) is 0 Å². The third-order valence-electron chi connectivity index (χ3n) is 3.61. The van der Waals surface area contributed by atoms with Gasteiger partial charge in [0.15, 0.2) is 11.6 Å². The maximum atomic E-state index is 13.7. The fraction of sp³-hybridized carbons (Fsp3) is 0.400. The summed E-state index contributed by atoms with van der Waals surface area (Å²) < 4.78 is 18.6. The Morgan fingerprint density at radius 3 is 2.87 bits per heavy atom. The number of nitrogens with one attached hydrogen (secondary N) is 2. The second kappa shape index (κ2) is 6.49. The van der Waals surface area contributed by atoms with Gasteiger partial charge >= 0.3 is 6.03 Å². The number of hydrogen-bond acceptors (Lipinski definition) is 5. The number of urea groups is 1. The number of carbonyl (C=O) groups is 1. The van der Waals surface area contributed by atoms with E-state index in [4.69, 9.17) is 4.74 Å². The Hall–Kier alpha value is -2.22. The molecule has 1 aliphatic carbocycles. The molecule has 3 rings (SSSR count). The molecule has 2 N–H and O–H groups in total. The largest absolute Gasteiger partial charge is 0.494 e. The van der Waals surface area contributed by atoms with Crippen LogP contribution < -0.4 is 15.4 Å². The van der Waals surface area contributed by atoms with Crippen LogP contribution in [-0.4, -0.2) is 23.3 Å². The number of amides is 2. The van der Waals surface area contributed by atoms with Gasteiger partial charge in [-0.2, -0.15) is 0 Å². The van der Waals surface area contributed by atoms with Gasteiger partial charge in [-0.25, -0.2) is 9.18 Å². The summed E-state index contributed by atoms with van der Waals surface area (Å²) in [6.45, 7) is 1.77. The number of methoxy groups -OCH3 is 1.